The predicted octanol–water partition coefficient (Wildman–Crippen LogP) is 2.37. The Morgan fingerprint density at radius 1 is 1.13 bits per heavy atom. The van der Waals surface area contributed by atoms with Crippen LogP contribution in [0.2, 0.25) is 5.02 Å². The number of morpholine rings is 1. The summed E-state index contributed by atoms with van der Waals surface area (Å²) in [6, 6.07) is 11.2. The second kappa shape index (κ2) is 12.3. The number of amides is 1. The molecule has 39 heavy (non-hydrogen) atoms. The molecule has 2 saturated heterocycles. The first-order valence-corrected chi connectivity index (χ1v) is 13.6. The normalized spacial score (nSPS) is 18.2. The van der Waals surface area contributed by atoms with E-state index >= 15 is 0 Å². The Labute approximate surface area is 233 Å². The zero-order chi connectivity index (χ0) is 27.4. The fourth-order valence-corrected chi connectivity index (χ4v) is 5.28. The van der Waals surface area contributed by atoms with Crippen molar-refractivity contribution in [1.82, 2.24) is 19.7 Å². The van der Waals surface area contributed by atoms with Gasteiger partial charge in [-0.2, -0.15) is 0 Å². The Hall–Kier alpha value is -3.19. The van der Waals surface area contributed by atoms with Gasteiger partial charge in [-0.3, -0.25) is 19.4 Å². The van der Waals surface area contributed by atoms with Gasteiger partial charge in [-0.15, -0.1) is 0 Å². The summed E-state index contributed by atoms with van der Waals surface area (Å²) in [4.78, 5) is 31.2. The number of aliphatic hydroxyl groups excluding tert-OH is 1. The lowest BCUT2D eigenvalue weighted by molar-refractivity contribution is 0.0342. The van der Waals surface area contributed by atoms with Gasteiger partial charge in [0, 0.05) is 68.5 Å². The molecule has 2 aliphatic heterocycles. The van der Waals surface area contributed by atoms with Crippen LogP contribution in [-0.4, -0.2) is 77.4 Å². The Balaban J connectivity index is 1.47. The maximum Gasteiger partial charge on any atom is 0.257 e. The highest BCUT2D eigenvalue weighted by Crippen LogP contribution is 2.21. The van der Waals surface area contributed by atoms with E-state index in [1.807, 2.05) is 35.9 Å². The number of fused-ring (bicyclic) bond motifs is 1. The number of aryl methyl sites for hydroxylation is 1. The number of hydrogen-bond acceptors (Lipinski definition) is 6. The number of carbonyl (C=O) groups is 1. The van der Waals surface area contributed by atoms with Crippen LogP contribution in [-0.2, 0) is 24.9 Å². The van der Waals surface area contributed by atoms with E-state index in [0.29, 0.717) is 48.8 Å². The number of aromatic nitrogens is 1. The Bertz CT molecular complexity index is 1470. The number of hydrogen-bond donors (Lipinski definition) is 2. The Kier molecular flexibility index (Phi) is 8.66. The highest BCUT2D eigenvalue weighted by Gasteiger charge is 2.20. The standard InChI is InChI=1S/C30H33ClN4O4/c1-33-20-27(30(38)32-17-21-4-6-24(31)7-5-21)29(37)26-16-22(18-35-11-13-39-14-12-35)15-23(28(26)33)3-2-9-34-10-8-25(36)19-34/h4-7,15-16,20,25,36H,8-14,17-19H2,1H3,(H,32,38). The molecular formula is C30H33ClN4O4. The molecule has 1 aromatic heterocycles. The molecule has 0 aliphatic carbocycles. The lowest BCUT2D eigenvalue weighted by Gasteiger charge is -2.26. The fourth-order valence-electron chi connectivity index (χ4n) is 5.16. The van der Waals surface area contributed by atoms with Crippen molar-refractivity contribution < 1.29 is 14.6 Å². The molecule has 3 aromatic rings. The van der Waals surface area contributed by atoms with Gasteiger partial charge in [0.05, 0.1) is 31.4 Å². The van der Waals surface area contributed by atoms with Gasteiger partial charge in [0.15, 0.2) is 0 Å². The van der Waals surface area contributed by atoms with Crippen LogP contribution in [0.25, 0.3) is 10.9 Å². The molecule has 0 saturated carbocycles. The number of benzene rings is 2. The minimum Gasteiger partial charge on any atom is -0.392 e. The maximum atomic E-state index is 13.7. The first-order chi connectivity index (χ1) is 18.9. The quantitative estimate of drug-likeness (QED) is 0.460. The van der Waals surface area contributed by atoms with E-state index in [4.69, 9.17) is 16.3 Å². The minimum absolute atomic E-state index is 0.0902. The molecule has 2 aromatic carbocycles. The average molecular weight is 549 g/mol. The number of rotatable bonds is 6. The first-order valence-electron chi connectivity index (χ1n) is 13.3. The number of aliphatic hydroxyl groups is 1. The van der Waals surface area contributed by atoms with Crippen LogP contribution in [0.5, 0.6) is 0 Å². The summed E-state index contributed by atoms with van der Waals surface area (Å²) in [5.74, 6) is 6.10. The molecule has 2 N–H and O–H groups in total. The van der Waals surface area contributed by atoms with E-state index in [2.05, 4.69) is 27.0 Å². The number of β-amino-alcohol motifs (C(OH)–C–C–N with tert-alkyl or cyclic N) is 1. The number of nitrogens with one attached hydrogen (secondary N) is 1. The van der Waals surface area contributed by atoms with Gasteiger partial charge in [0.25, 0.3) is 5.91 Å². The first kappa shape index (κ1) is 27.4. The lowest BCUT2D eigenvalue weighted by Crippen LogP contribution is -2.35. The van der Waals surface area contributed by atoms with Crippen molar-refractivity contribution in [2.24, 2.45) is 7.05 Å². The molecule has 0 spiro atoms. The molecule has 8 nitrogen and oxygen atoms in total. The van der Waals surface area contributed by atoms with Gasteiger partial charge < -0.3 is 19.7 Å². The third kappa shape index (κ3) is 6.70. The van der Waals surface area contributed by atoms with Crippen molar-refractivity contribution in [1.29, 1.82) is 0 Å². The van der Waals surface area contributed by atoms with Crippen LogP contribution in [0.4, 0.5) is 0 Å². The summed E-state index contributed by atoms with van der Waals surface area (Å²) in [5, 5.41) is 13.8. The third-order valence-electron chi connectivity index (χ3n) is 7.23. The average Bonchev–Trinajstić information content (AvgIpc) is 3.35. The van der Waals surface area contributed by atoms with Gasteiger partial charge in [0.2, 0.25) is 5.43 Å². The molecule has 1 unspecified atom stereocenters. The summed E-state index contributed by atoms with van der Waals surface area (Å²) in [6.45, 7) is 5.95. The molecule has 1 amide bonds. The van der Waals surface area contributed by atoms with Gasteiger partial charge in [0.1, 0.15) is 5.56 Å². The summed E-state index contributed by atoms with van der Waals surface area (Å²) in [5.41, 5.74) is 3.10. The molecule has 2 fully saturated rings. The molecule has 5 rings (SSSR count). The number of carbonyl (C=O) groups excluding carboxylic acids is 1. The van der Waals surface area contributed by atoms with E-state index in [-0.39, 0.29) is 23.6 Å². The molecule has 3 heterocycles. The number of halogens is 1. The largest absolute Gasteiger partial charge is 0.392 e. The maximum absolute atomic E-state index is 13.7. The summed E-state index contributed by atoms with van der Waals surface area (Å²) in [7, 11) is 1.83. The monoisotopic (exact) mass is 548 g/mol. The second-order valence-corrected chi connectivity index (χ2v) is 10.6. The number of nitrogens with zero attached hydrogens (tertiary/aromatic N) is 3. The van der Waals surface area contributed by atoms with Crippen molar-refractivity contribution in [2.45, 2.75) is 25.6 Å². The summed E-state index contributed by atoms with van der Waals surface area (Å²) in [6.07, 6.45) is 2.05. The third-order valence-corrected chi connectivity index (χ3v) is 7.48. The minimum atomic E-state index is -0.425. The molecule has 204 valence electrons. The molecule has 9 heteroatoms. The van der Waals surface area contributed by atoms with E-state index in [0.717, 1.165) is 42.7 Å². The van der Waals surface area contributed by atoms with Crippen molar-refractivity contribution in [3.8, 4) is 11.8 Å². The molecule has 0 radical (unpaired) electrons. The van der Waals surface area contributed by atoms with Gasteiger partial charge in [-0.1, -0.05) is 35.6 Å². The molecule has 0 bridgehead atoms. The zero-order valence-electron chi connectivity index (χ0n) is 22.1. The highest BCUT2D eigenvalue weighted by molar-refractivity contribution is 6.30. The Morgan fingerprint density at radius 2 is 1.90 bits per heavy atom. The van der Waals surface area contributed by atoms with Crippen molar-refractivity contribution in [3.63, 3.8) is 0 Å². The van der Waals surface area contributed by atoms with Crippen LogP contribution < -0.4 is 10.7 Å². The van der Waals surface area contributed by atoms with Gasteiger partial charge >= 0.3 is 0 Å². The molecular weight excluding hydrogens is 516 g/mol. The number of likely N-dealkylation sites (tertiary alicyclic amines) is 1. The van der Waals surface area contributed by atoms with Gasteiger partial charge in [-0.05, 0) is 41.8 Å². The van der Waals surface area contributed by atoms with Crippen molar-refractivity contribution in [2.75, 3.05) is 45.9 Å². The Morgan fingerprint density at radius 3 is 2.62 bits per heavy atom. The number of ether oxygens (including phenoxy) is 1. The van der Waals surface area contributed by atoms with Crippen LogP contribution in [0.1, 0.15) is 33.5 Å². The second-order valence-electron chi connectivity index (χ2n) is 10.2. The van der Waals surface area contributed by atoms with Crippen LogP contribution in [0.15, 0.2) is 47.4 Å². The van der Waals surface area contributed by atoms with Gasteiger partial charge in [-0.25, -0.2) is 0 Å². The van der Waals surface area contributed by atoms with Crippen molar-refractivity contribution in [3.05, 3.63) is 80.1 Å². The van der Waals surface area contributed by atoms with E-state index in [1.54, 1.807) is 18.3 Å². The smallest absolute Gasteiger partial charge is 0.257 e. The summed E-state index contributed by atoms with van der Waals surface area (Å²) < 4.78 is 7.30. The fraction of sp³-hybridized carbons (Fsp3) is 0.400. The lowest BCUT2D eigenvalue weighted by atomic mass is 10.0. The zero-order valence-corrected chi connectivity index (χ0v) is 22.8. The molecule has 2 aliphatic rings. The van der Waals surface area contributed by atoms with E-state index < -0.39 is 5.91 Å². The SMILES string of the molecule is Cn1cc(C(=O)NCc2ccc(Cl)cc2)c(=O)c2cc(CN3CCOCC3)cc(C#CCN3CCC(O)C3)c21. The van der Waals surface area contributed by atoms with Crippen molar-refractivity contribution >= 4 is 28.4 Å². The van der Waals surface area contributed by atoms with E-state index in [9.17, 15) is 14.7 Å². The number of pyridine rings is 1. The predicted molar refractivity (Wildman–Crippen MR) is 152 cm³/mol. The van der Waals surface area contributed by atoms with Crippen LogP contribution in [0, 0.1) is 11.8 Å². The summed E-state index contributed by atoms with van der Waals surface area (Å²) >= 11 is 5.96. The van der Waals surface area contributed by atoms with E-state index in [1.165, 1.54) is 0 Å². The highest BCUT2D eigenvalue weighted by atomic mass is 35.5. The topological polar surface area (TPSA) is 87.0 Å². The van der Waals surface area contributed by atoms with Crippen LogP contribution in [0.3, 0.4) is 0 Å². The molecule has 1 atom stereocenters. The van der Waals surface area contributed by atoms with Crippen LogP contribution >= 0.6 is 11.6 Å².